The fraction of sp³-hybridized carbons (Fsp3) is 0.562. The molecule has 2 N–H and O–H groups in total. The average molecular weight is 531 g/mol. The first-order valence-corrected chi connectivity index (χ1v) is 15.1. The summed E-state index contributed by atoms with van der Waals surface area (Å²) in [6.07, 6.45) is 14.7. The molecule has 39 heavy (non-hydrogen) atoms. The van der Waals surface area contributed by atoms with Gasteiger partial charge < -0.3 is 20.1 Å². The summed E-state index contributed by atoms with van der Waals surface area (Å²) in [6, 6.07) is 6.76. The Hall–Kier alpha value is -2.93. The minimum atomic E-state index is -0.208. The zero-order chi connectivity index (χ0) is 26.8. The molecular weight excluding hydrogens is 487 g/mol. The number of aliphatic imine (C=N–C) groups is 1. The van der Waals surface area contributed by atoms with Crippen molar-refractivity contribution in [2.45, 2.75) is 77.2 Å². The zero-order valence-electron chi connectivity index (χ0n) is 23.4. The lowest BCUT2D eigenvalue weighted by molar-refractivity contribution is 0.242. The highest BCUT2D eigenvalue weighted by molar-refractivity contribution is 5.99. The van der Waals surface area contributed by atoms with E-state index in [1.807, 2.05) is 18.3 Å². The second-order valence-electron chi connectivity index (χ2n) is 11.8. The standard InChI is InChI=1S/C32H43FN6/c1-2-23-20-29(30(25-6-5-7-25)31(34)35-21-23)38-16-12-26(13-17-38)32-36-28(24-8-10-27(33)11-9-24)22-39(32)19-18-37-14-3-4-15-37/h8-11,21-22,25-26H,2-7,12-20H2,1H3,(H2,34,35). The van der Waals surface area contributed by atoms with Crippen LogP contribution in [0.3, 0.4) is 0 Å². The van der Waals surface area contributed by atoms with Crippen LogP contribution in [0.4, 0.5) is 4.39 Å². The van der Waals surface area contributed by atoms with Crippen molar-refractivity contribution in [1.82, 2.24) is 19.4 Å². The van der Waals surface area contributed by atoms with E-state index in [2.05, 4.69) is 32.5 Å². The number of amidine groups is 1. The highest BCUT2D eigenvalue weighted by Crippen LogP contribution is 2.40. The van der Waals surface area contributed by atoms with E-state index in [0.717, 1.165) is 69.0 Å². The maximum atomic E-state index is 13.6. The van der Waals surface area contributed by atoms with Crippen LogP contribution in [0.2, 0.25) is 0 Å². The lowest BCUT2D eigenvalue weighted by Crippen LogP contribution is -2.37. The molecule has 1 aliphatic carbocycles. The molecule has 3 fully saturated rings. The number of rotatable bonds is 8. The predicted octanol–water partition coefficient (Wildman–Crippen LogP) is 6.07. The topological polar surface area (TPSA) is 62.7 Å². The van der Waals surface area contributed by atoms with Gasteiger partial charge >= 0.3 is 0 Å². The quantitative estimate of drug-likeness (QED) is 0.450. The second kappa shape index (κ2) is 11.7. The highest BCUT2D eigenvalue weighted by atomic mass is 19.1. The Labute approximate surface area is 232 Å². The second-order valence-corrected chi connectivity index (χ2v) is 11.8. The SMILES string of the molecule is CCC1=CN=C(N)C(C2CCC2)=C(N2CCC(c3nc(-c4ccc(F)cc4)cn3CCN3CCCC3)CC2)C1. The van der Waals surface area contributed by atoms with Gasteiger partial charge in [-0.15, -0.1) is 0 Å². The van der Waals surface area contributed by atoms with Crippen molar-refractivity contribution in [2.75, 3.05) is 32.7 Å². The number of benzene rings is 1. The third-order valence-corrected chi connectivity index (χ3v) is 9.38. The van der Waals surface area contributed by atoms with Gasteiger partial charge in [0.15, 0.2) is 0 Å². The molecule has 0 spiro atoms. The molecule has 6 nitrogen and oxygen atoms in total. The molecule has 4 heterocycles. The Kier molecular flexibility index (Phi) is 7.87. The minimum absolute atomic E-state index is 0.208. The number of hydrogen-bond donors (Lipinski definition) is 1. The van der Waals surface area contributed by atoms with E-state index in [0.29, 0.717) is 11.8 Å². The summed E-state index contributed by atoms with van der Waals surface area (Å²) in [5.74, 6) is 2.70. The van der Waals surface area contributed by atoms with Gasteiger partial charge in [-0.3, -0.25) is 0 Å². The number of aromatic nitrogens is 2. The van der Waals surface area contributed by atoms with Gasteiger partial charge in [0.05, 0.1) is 5.69 Å². The molecule has 1 aromatic carbocycles. The number of imidazole rings is 1. The van der Waals surface area contributed by atoms with Crippen LogP contribution >= 0.6 is 0 Å². The Morgan fingerprint density at radius 2 is 1.67 bits per heavy atom. The summed E-state index contributed by atoms with van der Waals surface area (Å²) in [5, 5.41) is 0. The normalized spacial score (nSPS) is 21.6. The van der Waals surface area contributed by atoms with E-state index in [-0.39, 0.29) is 5.82 Å². The van der Waals surface area contributed by atoms with Crippen LogP contribution in [0.15, 0.2) is 58.5 Å². The van der Waals surface area contributed by atoms with Crippen LogP contribution in [0.1, 0.15) is 76.5 Å². The molecule has 208 valence electrons. The molecule has 1 saturated carbocycles. The molecule has 2 aromatic rings. The maximum absolute atomic E-state index is 13.6. The monoisotopic (exact) mass is 530 g/mol. The summed E-state index contributed by atoms with van der Waals surface area (Å²) < 4.78 is 16.0. The van der Waals surface area contributed by atoms with Crippen LogP contribution in [0.5, 0.6) is 0 Å². The van der Waals surface area contributed by atoms with E-state index in [1.165, 1.54) is 80.0 Å². The van der Waals surface area contributed by atoms with Gasteiger partial charge in [0.2, 0.25) is 0 Å². The number of nitrogens with zero attached hydrogens (tertiary/aromatic N) is 5. The summed E-state index contributed by atoms with van der Waals surface area (Å²) in [4.78, 5) is 15.0. The fourth-order valence-corrected chi connectivity index (χ4v) is 6.73. The Morgan fingerprint density at radius 1 is 0.923 bits per heavy atom. The Bertz CT molecular complexity index is 1240. The van der Waals surface area contributed by atoms with Crippen molar-refractivity contribution in [3.8, 4) is 11.3 Å². The van der Waals surface area contributed by atoms with E-state index >= 15 is 0 Å². The van der Waals surface area contributed by atoms with E-state index in [1.54, 1.807) is 0 Å². The van der Waals surface area contributed by atoms with Crippen molar-refractivity contribution in [2.24, 2.45) is 16.6 Å². The van der Waals surface area contributed by atoms with E-state index < -0.39 is 0 Å². The van der Waals surface area contributed by atoms with Crippen LogP contribution in [-0.4, -0.2) is 57.9 Å². The van der Waals surface area contributed by atoms with Crippen molar-refractivity contribution in [3.63, 3.8) is 0 Å². The summed E-state index contributed by atoms with van der Waals surface area (Å²) in [7, 11) is 0. The lowest BCUT2D eigenvalue weighted by Gasteiger charge is -2.39. The maximum Gasteiger partial charge on any atom is 0.128 e. The number of halogens is 1. The molecule has 0 radical (unpaired) electrons. The molecular formula is C32H43FN6. The molecule has 1 aromatic heterocycles. The number of allylic oxidation sites excluding steroid dienone is 1. The highest BCUT2D eigenvalue weighted by Gasteiger charge is 2.33. The Balaban J connectivity index is 1.23. The molecule has 4 aliphatic rings. The van der Waals surface area contributed by atoms with Crippen molar-refractivity contribution >= 4 is 5.84 Å². The van der Waals surface area contributed by atoms with Crippen molar-refractivity contribution in [1.29, 1.82) is 0 Å². The van der Waals surface area contributed by atoms with Gasteiger partial charge in [0, 0.05) is 67.7 Å². The van der Waals surface area contributed by atoms with Gasteiger partial charge in [-0.2, -0.15) is 0 Å². The van der Waals surface area contributed by atoms with Crippen molar-refractivity contribution < 1.29 is 4.39 Å². The van der Waals surface area contributed by atoms with Gasteiger partial charge in [0.25, 0.3) is 0 Å². The molecule has 3 aliphatic heterocycles. The molecule has 0 atom stereocenters. The van der Waals surface area contributed by atoms with Crippen molar-refractivity contribution in [3.05, 3.63) is 65.1 Å². The molecule has 0 unspecified atom stereocenters. The third-order valence-electron chi connectivity index (χ3n) is 9.38. The number of likely N-dealkylation sites (tertiary alicyclic amines) is 2. The third kappa shape index (κ3) is 5.69. The Morgan fingerprint density at radius 3 is 2.33 bits per heavy atom. The summed E-state index contributed by atoms with van der Waals surface area (Å²) in [6.45, 7) is 8.68. The van der Waals surface area contributed by atoms with E-state index in [4.69, 9.17) is 10.7 Å². The number of piperidine rings is 1. The number of nitrogens with two attached hydrogens (primary N) is 1. The van der Waals surface area contributed by atoms with Crippen LogP contribution in [0.25, 0.3) is 11.3 Å². The van der Waals surface area contributed by atoms with Crippen LogP contribution in [0, 0.1) is 11.7 Å². The zero-order valence-corrected chi connectivity index (χ0v) is 23.4. The van der Waals surface area contributed by atoms with Gasteiger partial charge in [-0.25, -0.2) is 14.4 Å². The van der Waals surface area contributed by atoms with Gasteiger partial charge in [-0.05, 0) is 93.8 Å². The van der Waals surface area contributed by atoms with Gasteiger partial charge in [-0.1, -0.05) is 13.3 Å². The molecule has 6 rings (SSSR count). The first kappa shape index (κ1) is 26.3. The van der Waals surface area contributed by atoms with Crippen LogP contribution < -0.4 is 5.73 Å². The molecule has 7 heteroatoms. The smallest absolute Gasteiger partial charge is 0.128 e. The summed E-state index contributed by atoms with van der Waals surface area (Å²) >= 11 is 0. The first-order chi connectivity index (χ1) is 19.1. The number of hydrogen-bond acceptors (Lipinski definition) is 5. The van der Waals surface area contributed by atoms with Crippen LogP contribution in [-0.2, 0) is 6.54 Å². The minimum Gasteiger partial charge on any atom is -0.383 e. The molecule has 0 amide bonds. The van der Waals surface area contributed by atoms with E-state index in [9.17, 15) is 4.39 Å². The first-order valence-electron chi connectivity index (χ1n) is 15.1. The predicted molar refractivity (Wildman–Crippen MR) is 156 cm³/mol. The largest absolute Gasteiger partial charge is 0.383 e. The fourth-order valence-electron chi connectivity index (χ4n) is 6.73. The van der Waals surface area contributed by atoms with Gasteiger partial charge in [0.1, 0.15) is 17.5 Å². The average Bonchev–Trinajstić information content (AvgIpc) is 3.57. The lowest BCUT2D eigenvalue weighted by atomic mass is 9.77. The summed E-state index contributed by atoms with van der Waals surface area (Å²) in [5.41, 5.74) is 12.6. The molecule has 2 saturated heterocycles. The molecule has 0 bridgehead atoms.